The molecule has 1 aliphatic carbocycles. The first-order chi connectivity index (χ1) is 16.2. The summed E-state index contributed by atoms with van der Waals surface area (Å²) in [7, 11) is 0. The zero-order valence-electron chi connectivity index (χ0n) is 16.8. The van der Waals surface area contributed by atoms with Gasteiger partial charge in [0.1, 0.15) is 38.4 Å². The lowest BCUT2D eigenvalue weighted by molar-refractivity contribution is 0.727. The molecule has 154 valence electrons. The van der Waals surface area contributed by atoms with Crippen LogP contribution in [0, 0.1) is 34.5 Å². The minimum Gasteiger partial charge on any atom is -0.251 e. The largest absolute Gasteiger partial charge is 0.251 e. The Hall–Kier alpha value is -4.09. The summed E-state index contributed by atoms with van der Waals surface area (Å²) in [6.45, 7) is 0. The van der Waals surface area contributed by atoms with E-state index in [0.717, 1.165) is 5.56 Å². The number of aromatic nitrogens is 6. The summed E-state index contributed by atoms with van der Waals surface area (Å²) in [5.41, 5.74) is 4.90. The van der Waals surface area contributed by atoms with Crippen LogP contribution in [-0.2, 0) is 0 Å². The molecular weight excluding hydrogens is 527 g/mol. The Morgan fingerprint density at radius 2 is 1.12 bits per heavy atom. The molecule has 9 heteroatoms. The van der Waals surface area contributed by atoms with Gasteiger partial charge in [-0.25, -0.2) is 9.97 Å². The van der Waals surface area contributed by atoms with Gasteiger partial charge in [-0.15, -0.1) is 0 Å². The first-order valence-corrected chi connectivity index (χ1v) is 11.1. The maximum Gasteiger partial charge on any atom is 0.120 e. The van der Waals surface area contributed by atoms with Crippen LogP contribution >= 0.6 is 22.6 Å². The van der Waals surface area contributed by atoms with Crippen molar-refractivity contribution in [1.29, 1.82) is 10.5 Å². The standard InChI is InChI=1S/C24H11IN8/c25-16-14(11-27)13(10-26)15(12-4-2-1-3-5-12)17-18(16)33-24-22-20(29-7-9-31-22)19-21(23(24)32-17)30-8-6-28-19/h1-9,13-14H. The molecular formula is C24H11IN8. The molecule has 2 atom stereocenters. The molecule has 6 rings (SSSR count). The van der Waals surface area contributed by atoms with E-state index in [-0.39, 0.29) is 0 Å². The topological polar surface area (TPSA) is 125 Å². The van der Waals surface area contributed by atoms with Gasteiger partial charge in [-0.2, -0.15) is 10.5 Å². The summed E-state index contributed by atoms with van der Waals surface area (Å²) < 4.78 is 0.682. The van der Waals surface area contributed by atoms with E-state index in [9.17, 15) is 10.5 Å². The Morgan fingerprint density at radius 3 is 1.64 bits per heavy atom. The van der Waals surface area contributed by atoms with E-state index in [1.54, 1.807) is 24.8 Å². The van der Waals surface area contributed by atoms with Crippen LogP contribution in [0.15, 0.2) is 55.1 Å². The van der Waals surface area contributed by atoms with Gasteiger partial charge < -0.3 is 0 Å². The number of fused-ring (bicyclic) bond motifs is 7. The van der Waals surface area contributed by atoms with E-state index < -0.39 is 11.8 Å². The summed E-state index contributed by atoms with van der Waals surface area (Å²) >= 11 is 2.12. The molecule has 0 radical (unpaired) electrons. The molecule has 0 N–H and O–H groups in total. The predicted molar refractivity (Wildman–Crippen MR) is 130 cm³/mol. The Bertz CT molecular complexity index is 1820. The fourth-order valence-electron chi connectivity index (χ4n) is 4.30. The lowest BCUT2D eigenvalue weighted by Crippen LogP contribution is -2.43. The average Bonchev–Trinajstić information content (AvgIpc) is 2.88. The van der Waals surface area contributed by atoms with E-state index in [1.807, 2.05) is 30.3 Å². The van der Waals surface area contributed by atoms with E-state index in [1.165, 1.54) is 0 Å². The highest BCUT2D eigenvalue weighted by Crippen LogP contribution is 2.36. The fourth-order valence-corrected chi connectivity index (χ4v) is 5.18. The van der Waals surface area contributed by atoms with Crippen molar-refractivity contribution in [2.24, 2.45) is 11.8 Å². The Labute approximate surface area is 200 Å². The first kappa shape index (κ1) is 19.6. The van der Waals surface area contributed by atoms with Gasteiger partial charge >= 0.3 is 0 Å². The van der Waals surface area contributed by atoms with E-state index >= 15 is 0 Å². The van der Waals surface area contributed by atoms with Gasteiger partial charge in [-0.1, -0.05) is 30.3 Å². The molecule has 33 heavy (non-hydrogen) atoms. The van der Waals surface area contributed by atoms with Gasteiger partial charge in [0, 0.05) is 33.9 Å². The van der Waals surface area contributed by atoms with Crippen molar-refractivity contribution in [2.75, 3.05) is 0 Å². The van der Waals surface area contributed by atoms with Crippen LogP contribution in [-0.4, -0.2) is 29.9 Å². The van der Waals surface area contributed by atoms with Gasteiger partial charge in [0.25, 0.3) is 0 Å². The Morgan fingerprint density at radius 1 is 0.636 bits per heavy atom. The first-order valence-electron chi connectivity index (χ1n) is 10.0. The average molecular weight is 538 g/mol. The highest BCUT2D eigenvalue weighted by atomic mass is 127. The third-order valence-corrected chi connectivity index (χ3v) is 6.91. The molecule has 0 saturated heterocycles. The lowest BCUT2D eigenvalue weighted by Gasteiger charge is -2.23. The molecule has 0 aliphatic heterocycles. The second kappa shape index (κ2) is 7.50. The van der Waals surface area contributed by atoms with Crippen molar-refractivity contribution >= 4 is 64.8 Å². The SMILES string of the molecule is N#CC1C(I)=c2nc3c4nccnc4c4nccnc4c3nc2=C(c2ccccc2)C1C#N. The summed E-state index contributed by atoms with van der Waals surface area (Å²) in [6.07, 6.45) is 6.42. The third kappa shape index (κ3) is 2.79. The molecule has 2 aromatic carbocycles. The Kier molecular flexibility index (Phi) is 4.45. The zero-order chi connectivity index (χ0) is 22.5. The van der Waals surface area contributed by atoms with Crippen molar-refractivity contribution in [3.63, 3.8) is 0 Å². The van der Waals surface area contributed by atoms with Crippen molar-refractivity contribution in [1.82, 2.24) is 29.9 Å². The summed E-state index contributed by atoms with van der Waals surface area (Å²) in [6, 6.07) is 14.2. The highest BCUT2D eigenvalue weighted by Gasteiger charge is 2.34. The molecule has 3 heterocycles. The number of halogens is 1. The molecule has 0 fully saturated rings. The summed E-state index contributed by atoms with van der Waals surface area (Å²) in [4.78, 5) is 28.0. The van der Waals surface area contributed by atoms with Gasteiger partial charge in [0.15, 0.2) is 0 Å². The smallest absolute Gasteiger partial charge is 0.120 e. The zero-order valence-corrected chi connectivity index (χ0v) is 19.0. The van der Waals surface area contributed by atoms with E-state index in [0.29, 0.717) is 53.0 Å². The molecule has 8 nitrogen and oxygen atoms in total. The van der Waals surface area contributed by atoms with Gasteiger partial charge in [0.2, 0.25) is 0 Å². The van der Waals surface area contributed by atoms with Crippen LogP contribution in [0.5, 0.6) is 0 Å². The quantitative estimate of drug-likeness (QED) is 0.236. The predicted octanol–water partition coefficient (Wildman–Crippen LogP) is 2.55. The number of hydrogen-bond donors (Lipinski definition) is 0. The number of rotatable bonds is 1. The molecule has 5 aromatic rings. The van der Waals surface area contributed by atoms with Crippen LogP contribution in [0.1, 0.15) is 5.56 Å². The third-order valence-electron chi connectivity index (χ3n) is 5.73. The lowest BCUT2D eigenvalue weighted by atomic mass is 9.81. The maximum absolute atomic E-state index is 10.1. The second-order valence-corrected chi connectivity index (χ2v) is 8.63. The normalized spacial score (nSPS) is 17.7. The van der Waals surface area contributed by atoms with Gasteiger partial charge in [0.05, 0.1) is 29.3 Å². The van der Waals surface area contributed by atoms with Crippen LogP contribution in [0.25, 0.3) is 42.3 Å². The number of nitrogens with zero attached hydrogens (tertiary/aromatic N) is 8. The number of benzene rings is 2. The Balaban J connectivity index is 1.92. The van der Waals surface area contributed by atoms with Crippen LogP contribution in [0.4, 0.5) is 0 Å². The fraction of sp³-hybridized carbons (Fsp3) is 0.0833. The molecule has 0 bridgehead atoms. The summed E-state index contributed by atoms with van der Waals surface area (Å²) in [5.74, 6) is -1.33. The molecule has 3 aromatic heterocycles. The van der Waals surface area contributed by atoms with Crippen molar-refractivity contribution < 1.29 is 0 Å². The van der Waals surface area contributed by atoms with E-state index in [2.05, 4.69) is 54.7 Å². The minimum absolute atomic E-state index is 0.537. The van der Waals surface area contributed by atoms with Crippen molar-refractivity contribution in [2.45, 2.75) is 0 Å². The van der Waals surface area contributed by atoms with E-state index in [4.69, 9.17) is 9.97 Å². The highest BCUT2D eigenvalue weighted by molar-refractivity contribution is 14.1. The maximum atomic E-state index is 10.1. The second-order valence-electron chi connectivity index (χ2n) is 7.47. The monoisotopic (exact) mass is 538 g/mol. The molecule has 0 spiro atoms. The molecule has 2 unspecified atom stereocenters. The van der Waals surface area contributed by atoms with Crippen molar-refractivity contribution in [3.05, 3.63) is 71.4 Å². The van der Waals surface area contributed by atoms with Gasteiger partial charge in [-0.3, -0.25) is 19.9 Å². The van der Waals surface area contributed by atoms with Crippen molar-refractivity contribution in [3.8, 4) is 12.1 Å². The molecule has 0 saturated carbocycles. The van der Waals surface area contributed by atoms with Crippen LogP contribution in [0.2, 0.25) is 0 Å². The number of nitriles is 2. The van der Waals surface area contributed by atoms with Crippen LogP contribution < -0.4 is 10.7 Å². The molecule has 0 amide bonds. The van der Waals surface area contributed by atoms with Crippen LogP contribution in [0.3, 0.4) is 0 Å². The molecule has 1 aliphatic rings. The van der Waals surface area contributed by atoms with Gasteiger partial charge in [-0.05, 0) is 28.2 Å². The minimum atomic E-state index is -0.679. The number of hydrogen-bond acceptors (Lipinski definition) is 8. The summed E-state index contributed by atoms with van der Waals surface area (Å²) in [5, 5.41) is 21.2.